The van der Waals surface area contributed by atoms with Crippen molar-refractivity contribution in [3.8, 4) is 0 Å². The van der Waals surface area contributed by atoms with Gasteiger partial charge in [0.2, 0.25) is 0 Å². The van der Waals surface area contributed by atoms with Gasteiger partial charge in [-0.2, -0.15) is 0 Å². The fourth-order valence-electron chi connectivity index (χ4n) is 2.92. The highest BCUT2D eigenvalue weighted by Gasteiger charge is 2.27. The maximum Gasteiger partial charge on any atom is 0.178 e. The molecule has 0 saturated carbocycles. The second-order valence-electron chi connectivity index (χ2n) is 5.19. The summed E-state index contributed by atoms with van der Waals surface area (Å²) in [6, 6.07) is 3.38. The molecule has 2 heterocycles. The van der Waals surface area contributed by atoms with E-state index in [0.29, 0.717) is 14.3 Å². The molecular weight excluding hydrogens is 390 g/mol. The summed E-state index contributed by atoms with van der Waals surface area (Å²) in [5, 5.41) is 0. The highest BCUT2D eigenvalue weighted by atomic mass is 127. The molecule has 1 aliphatic rings. The number of hydrogen-bond acceptors (Lipinski definition) is 2. The molecule has 1 N–H and O–H groups in total. The van der Waals surface area contributed by atoms with Crippen LogP contribution in [0.25, 0.3) is 11.0 Å². The lowest BCUT2D eigenvalue weighted by Crippen LogP contribution is -2.20. The Morgan fingerprint density at radius 1 is 1.55 bits per heavy atom. The molecule has 2 aromatic rings. The van der Waals surface area contributed by atoms with E-state index in [4.69, 9.17) is 17.0 Å². The zero-order valence-electron chi connectivity index (χ0n) is 11.2. The topological polar surface area (TPSA) is 29.9 Å². The smallest absolute Gasteiger partial charge is 0.178 e. The molecule has 1 fully saturated rings. The zero-order chi connectivity index (χ0) is 14.3. The summed E-state index contributed by atoms with van der Waals surface area (Å²) in [6.07, 6.45) is 2.34. The standard InChI is InChI=1S/C14H16FIN2OS/c1-2-13-8(3-4-19-13)7-18-12-5-9(15)10(16)6-11(12)17-14(18)20/h5-6,8,13H,2-4,7H2,1H3,(H,17,20). The highest BCUT2D eigenvalue weighted by molar-refractivity contribution is 14.1. The van der Waals surface area contributed by atoms with Crippen LogP contribution in [0.4, 0.5) is 4.39 Å². The molecule has 6 heteroatoms. The van der Waals surface area contributed by atoms with Gasteiger partial charge in [0.25, 0.3) is 0 Å². The van der Waals surface area contributed by atoms with Crippen LogP contribution in [0.15, 0.2) is 12.1 Å². The third-order valence-electron chi connectivity index (χ3n) is 3.98. The van der Waals surface area contributed by atoms with E-state index in [9.17, 15) is 4.39 Å². The summed E-state index contributed by atoms with van der Waals surface area (Å²) in [6.45, 7) is 3.74. The maximum atomic E-state index is 13.8. The van der Waals surface area contributed by atoms with Crippen molar-refractivity contribution in [3.63, 3.8) is 0 Å². The minimum absolute atomic E-state index is 0.199. The van der Waals surface area contributed by atoms with Crippen molar-refractivity contribution < 1.29 is 9.13 Å². The quantitative estimate of drug-likeness (QED) is 0.610. The Morgan fingerprint density at radius 2 is 2.35 bits per heavy atom. The van der Waals surface area contributed by atoms with Gasteiger partial charge in [-0.3, -0.25) is 0 Å². The third kappa shape index (κ3) is 2.53. The van der Waals surface area contributed by atoms with E-state index in [1.54, 1.807) is 12.1 Å². The Bertz CT molecular complexity index is 696. The van der Waals surface area contributed by atoms with Gasteiger partial charge in [-0.25, -0.2) is 4.39 Å². The molecule has 1 aliphatic heterocycles. The van der Waals surface area contributed by atoms with Crippen molar-refractivity contribution in [2.45, 2.75) is 32.4 Å². The largest absolute Gasteiger partial charge is 0.378 e. The number of imidazole rings is 1. The average Bonchev–Trinajstić information content (AvgIpc) is 2.97. The molecule has 108 valence electrons. The lowest BCUT2D eigenvalue weighted by Gasteiger charge is -2.17. The lowest BCUT2D eigenvalue weighted by atomic mass is 9.99. The number of nitrogens with zero attached hydrogens (tertiary/aromatic N) is 1. The number of hydrogen-bond donors (Lipinski definition) is 1. The van der Waals surface area contributed by atoms with Crippen LogP contribution in [0.3, 0.4) is 0 Å². The maximum absolute atomic E-state index is 13.8. The highest BCUT2D eigenvalue weighted by Crippen LogP contribution is 2.28. The van der Waals surface area contributed by atoms with E-state index in [-0.39, 0.29) is 11.9 Å². The fraction of sp³-hybridized carbons (Fsp3) is 0.500. The molecule has 3 rings (SSSR count). The SMILES string of the molecule is CCC1OCCC1Cn1c(=S)[nH]c2cc(I)c(F)cc21. The molecule has 1 aromatic heterocycles. The van der Waals surface area contributed by atoms with Crippen LogP contribution < -0.4 is 0 Å². The van der Waals surface area contributed by atoms with Crippen LogP contribution >= 0.6 is 34.8 Å². The summed E-state index contributed by atoms with van der Waals surface area (Å²) in [5.41, 5.74) is 1.74. The first-order chi connectivity index (χ1) is 9.60. The van der Waals surface area contributed by atoms with E-state index in [2.05, 4.69) is 11.9 Å². The Balaban J connectivity index is 2.01. The summed E-state index contributed by atoms with van der Waals surface area (Å²) in [5.74, 6) is 0.253. The summed E-state index contributed by atoms with van der Waals surface area (Å²) in [4.78, 5) is 3.17. The number of aromatic amines is 1. The molecular formula is C14H16FIN2OS. The van der Waals surface area contributed by atoms with Gasteiger partial charge >= 0.3 is 0 Å². The average molecular weight is 406 g/mol. The molecule has 20 heavy (non-hydrogen) atoms. The van der Waals surface area contributed by atoms with E-state index in [0.717, 1.165) is 37.0 Å². The molecule has 0 radical (unpaired) electrons. The summed E-state index contributed by atoms with van der Waals surface area (Å²) < 4.78 is 22.8. The number of benzene rings is 1. The number of fused-ring (bicyclic) bond motifs is 1. The van der Waals surface area contributed by atoms with Gasteiger partial charge in [0.1, 0.15) is 5.82 Å². The number of H-pyrrole nitrogens is 1. The predicted octanol–water partition coefficient (Wildman–Crippen LogP) is 4.26. The van der Waals surface area contributed by atoms with Crippen molar-refractivity contribution in [2.75, 3.05) is 6.61 Å². The molecule has 2 atom stereocenters. The van der Waals surface area contributed by atoms with Crippen molar-refractivity contribution in [3.05, 3.63) is 26.3 Å². The Hall–Kier alpha value is -0.470. The Kier molecular flexibility index (Phi) is 4.14. The van der Waals surface area contributed by atoms with Crippen LogP contribution in [-0.2, 0) is 11.3 Å². The van der Waals surface area contributed by atoms with Gasteiger partial charge in [-0.05, 0) is 53.7 Å². The van der Waals surface area contributed by atoms with Crippen LogP contribution in [0.5, 0.6) is 0 Å². The molecule has 1 saturated heterocycles. The first-order valence-corrected chi connectivity index (χ1v) is 8.28. The van der Waals surface area contributed by atoms with Crippen molar-refractivity contribution in [1.82, 2.24) is 9.55 Å². The van der Waals surface area contributed by atoms with Crippen molar-refractivity contribution >= 4 is 45.8 Å². The molecule has 0 spiro atoms. The number of halogens is 2. The Labute approximate surface area is 135 Å². The van der Waals surface area contributed by atoms with Gasteiger partial charge in [-0.15, -0.1) is 0 Å². The van der Waals surface area contributed by atoms with Crippen LogP contribution in [0, 0.1) is 20.1 Å². The normalized spacial score (nSPS) is 22.8. The third-order valence-corrected chi connectivity index (χ3v) is 5.13. The molecule has 2 unspecified atom stereocenters. The second kappa shape index (κ2) is 5.73. The molecule has 0 amide bonds. The lowest BCUT2D eigenvalue weighted by molar-refractivity contribution is 0.0837. The van der Waals surface area contributed by atoms with E-state index in [1.807, 2.05) is 27.2 Å². The monoisotopic (exact) mass is 406 g/mol. The van der Waals surface area contributed by atoms with Crippen LogP contribution in [0.2, 0.25) is 0 Å². The van der Waals surface area contributed by atoms with Gasteiger partial charge < -0.3 is 14.3 Å². The zero-order valence-corrected chi connectivity index (χ0v) is 14.1. The number of rotatable bonds is 3. The Morgan fingerprint density at radius 3 is 3.10 bits per heavy atom. The predicted molar refractivity (Wildman–Crippen MR) is 87.9 cm³/mol. The van der Waals surface area contributed by atoms with Gasteiger partial charge in [0.05, 0.1) is 20.7 Å². The molecule has 1 aromatic carbocycles. The van der Waals surface area contributed by atoms with Gasteiger partial charge in [0.15, 0.2) is 4.77 Å². The molecule has 0 aliphatic carbocycles. The van der Waals surface area contributed by atoms with Crippen LogP contribution in [-0.4, -0.2) is 22.3 Å². The first kappa shape index (κ1) is 14.5. The minimum Gasteiger partial charge on any atom is -0.378 e. The van der Waals surface area contributed by atoms with Gasteiger partial charge in [0, 0.05) is 25.1 Å². The fourth-order valence-corrected chi connectivity index (χ4v) is 3.67. The first-order valence-electron chi connectivity index (χ1n) is 6.79. The van der Waals surface area contributed by atoms with Crippen molar-refractivity contribution in [1.29, 1.82) is 0 Å². The van der Waals surface area contributed by atoms with Crippen LogP contribution in [0.1, 0.15) is 19.8 Å². The number of ether oxygens (including phenoxy) is 1. The van der Waals surface area contributed by atoms with E-state index < -0.39 is 0 Å². The number of aromatic nitrogens is 2. The van der Waals surface area contributed by atoms with E-state index >= 15 is 0 Å². The molecule has 0 bridgehead atoms. The minimum atomic E-state index is -0.199. The summed E-state index contributed by atoms with van der Waals surface area (Å²) >= 11 is 7.39. The van der Waals surface area contributed by atoms with Crippen molar-refractivity contribution in [2.24, 2.45) is 5.92 Å². The summed E-state index contributed by atoms with van der Waals surface area (Å²) in [7, 11) is 0. The van der Waals surface area contributed by atoms with E-state index in [1.165, 1.54) is 0 Å². The van der Waals surface area contributed by atoms with Gasteiger partial charge in [-0.1, -0.05) is 6.92 Å². The molecule has 3 nitrogen and oxygen atoms in total. The second-order valence-corrected chi connectivity index (χ2v) is 6.74. The number of nitrogens with one attached hydrogen (secondary N) is 1.